The minimum absolute atomic E-state index is 0.0571. The van der Waals surface area contributed by atoms with Gasteiger partial charge in [0, 0.05) is 10.1 Å². The van der Waals surface area contributed by atoms with E-state index in [0.29, 0.717) is 5.25 Å². The van der Waals surface area contributed by atoms with E-state index in [1.165, 1.54) is 42.5 Å². The van der Waals surface area contributed by atoms with Crippen LogP contribution in [0.2, 0.25) is 0 Å². The summed E-state index contributed by atoms with van der Waals surface area (Å²) in [6.07, 6.45) is 12.7. The maximum absolute atomic E-state index is 12.5. The van der Waals surface area contributed by atoms with Crippen LogP contribution in [0.25, 0.3) is 10.2 Å². The van der Waals surface area contributed by atoms with Crippen LogP contribution < -0.4 is 5.56 Å². The number of rotatable bonds is 2. The van der Waals surface area contributed by atoms with Gasteiger partial charge in [0.25, 0.3) is 5.56 Å². The zero-order valence-electron chi connectivity index (χ0n) is 11.9. The van der Waals surface area contributed by atoms with Gasteiger partial charge in [-0.3, -0.25) is 4.79 Å². The molecule has 0 saturated heterocycles. The average molecular weight is 318 g/mol. The molecule has 1 N–H and O–H groups in total. The second-order valence-electron chi connectivity index (χ2n) is 5.78. The lowest BCUT2D eigenvalue weighted by Crippen LogP contribution is -2.12. The summed E-state index contributed by atoms with van der Waals surface area (Å²) >= 11 is 3.42. The van der Waals surface area contributed by atoms with E-state index in [2.05, 4.69) is 17.1 Å². The summed E-state index contributed by atoms with van der Waals surface area (Å²) in [6.45, 7) is 0. The first-order valence-electron chi connectivity index (χ1n) is 7.69. The lowest BCUT2D eigenvalue weighted by molar-refractivity contribution is 0.700. The molecular weight excluding hydrogens is 300 g/mol. The van der Waals surface area contributed by atoms with Crippen LogP contribution in [0.3, 0.4) is 0 Å². The lowest BCUT2D eigenvalue weighted by atomic mass is 9.97. The first kappa shape index (κ1) is 13.6. The molecule has 0 spiro atoms. The molecule has 110 valence electrons. The number of hydrogen-bond donors (Lipinski definition) is 1. The van der Waals surface area contributed by atoms with Crippen molar-refractivity contribution in [2.45, 2.75) is 55.4 Å². The van der Waals surface area contributed by atoms with E-state index in [1.54, 1.807) is 23.1 Å². The Labute approximate surface area is 131 Å². The number of H-pyrrole nitrogens is 1. The summed E-state index contributed by atoms with van der Waals surface area (Å²) in [5, 5.41) is 2.09. The van der Waals surface area contributed by atoms with Crippen molar-refractivity contribution in [3.05, 3.63) is 32.9 Å². The van der Waals surface area contributed by atoms with Crippen LogP contribution >= 0.6 is 23.1 Å². The minimum Gasteiger partial charge on any atom is -0.301 e. The van der Waals surface area contributed by atoms with E-state index in [1.807, 2.05) is 0 Å². The number of allylic oxidation sites excluding steroid dienone is 1. The quantitative estimate of drug-likeness (QED) is 0.671. The fourth-order valence-corrected chi connectivity index (χ4v) is 5.60. The first-order chi connectivity index (χ1) is 10.3. The highest BCUT2D eigenvalue weighted by molar-refractivity contribution is 7.99. The number of thiophene rings is 1. The maximum atomic E-state index is 12.5. The number of nitrogens with one attached hydrogen (secondary N) is 1. The van der Waals surface area contributed by atoms with Crippen molar-refractivity contribution < 1.29 is 0 Å². The monoisotopic (exact) mass is 318 g/mol. The fraction of sp³-hybridized carbons (Fsp3) is 0.500. The SMILES string of the molecule is O=c1[nH]c(S[C@@H]2C=CCCC2)nc2sc3c(c12)CCCC3. The van der Waals surface area contributed by atoms with Crippen molar-refractivity contribution in [2.75, 3.05) is 0 Å². The van der Waals surface area contributed by atoms with E-state index in [-0.39, 0.29) is 5.56 Å². The van der Waals surface area contributed by atoms with Crippen LogP contribution in [-0.2, 0) is 12.8 Å². The highest BCUT2D eigenvalue weighted by Crippen LogP contribution is 2.35. The number of hydrogen-bond acceptors (Lipinski definition) is 4. The van der Waals surface area contributed by atoms with Gasteiger partial charge in [-0.25, -0.2) is 4.98 Å². The van der Waals surface area contributed by atoms with Gasteiger partial charge in [-0.05, 0) is 50.5 Å². The highest BCUT2D eigenvalue weighted by Gasteiger charge is 2.20. The second kappa shape index (κ2) is 5.61. The Morgan fingerprint density at radius 2 is 2.19 bits per heavy atom. The molecular formula is C16H18N2OS2. The van der Waals surface area contributed by atoms with Crippen LogP contribution in [0.4, 0.5) is 0 Å². The average Bonchev–Trinajstić information content (AvgIpc) is 2.87. The molecule has 2 aromatic heterocycles. The molecule has 0 fully saturated rings. The summed E-state index contributed by atoms with van der Waals surface area (Å²) in [5.74, 6) is 0. The van der Waals surface area contributed by atoms with Crippen molar-refractivity contribution in [3.8, 4) is 0 Å². The van der Waals surface area contributed by atoms with E-state index in [4.69, 9.17) is 4.98 Å². The van der Waals surface area contributed by atoms with Gasteiger partial charge in [0.1, 0.15) is 4.83 Å². The summed E-state index contributed by atoms with van der Waals surface area (Å²) in [7, 11) is 0. The second-order valence-corrected chi connectivity index (χ2v) is 8.09. The van der Waals surface area contributed by atoms with Gasteiger partial charge < -0.3 is 4.98 Å². The van der Waals surface area contributed by atoms with Crippen molar-refractivity contribution in [1.82, 2.24) is 9.97 Å². The van der Waals surface area contributed by atoms with Crippen LogP contribution in [-0.4, -0.2) is 15.2 Å². The highest BCUT2D eigenvalue weighted by atomic mass is 32.2. The molecule has 0 saturated carbocycles. The molecule has 0 bridgehead atoms. The van der Waals surface area contributed by atoms with Gasteiger partial charge in [0.15, 0.2) is 5.16 Å². The van der Waals surface area contributed by atoms with Crippen LogP contribution in [0.15, 0.2) is 22.1 Å². The maximum Gasteiger partial charge on any atom is 0.260 e. The van der Waals surface area contributed by atoms with Crippen molar-refractivity contribution in [1.29, 1.82) is 0 Å². The zero-order chi connectivity index (χ0) is 14.2. The summed E-state index contributed by atoms with van der Waals surface area (Å²) < 4.78 is 0. The predicted octanol–water partition coefficient (Wildman–Crippen LogP) is 4.06. The van der Waals surface area contributed by atoms with Gasteiger partial charge in [0.05, 0.1) is 5.39 Å². The van der Waals surface area contributed by atoms with Gasteiger partial charge in [0.2, 0.25) is 0 Å². The molecule has 0 amide bonds. The molecule has 5 heteroatoms. The van der Waals surface area contributed by atoms with Crippen LogP contribution in [0.1, 0.15) is 42.5 Å². The van der Waals surface area contributed by atoms with Crippen LogP contribution in [0, 0.1) is 0 Å². The topological polar surface area (TPSA) is 45.8 Å². The number of fused-ring (bicyclic) bond motifs is 3. The van der Waals surface area contributed by atoms with E-state index < -0.39 is 0 Å². The van der Waals surface area contributed by atoms with E-state index >= 15 is 0 Å². The third-order valence-electron chi connectivity index (χ3n) is 4.28. The van der Waals surface area contributed by atoms with Crippen molar-refractivity contribution in [2.24, 2.45) is 0 Å². The Balaban J connectivity index is 1.73. The van der Waals surface area contributed by atoms with Crippen LogP contribution in [0.5, 0.6) is 0 Å². The third-order valence-corrected chi connectivity index (χ3v) is 6.57. The standard InChI is InChI=1S/C16H18N2OS2/c19-14-13-11-8-4-5-9-12(11)21-15(13)18-16(17-14)20-10-6-2-1-3-7-10/h2,6,10H,1,3-5,7-9H2,(H,17,18,19)/t10-/m1/s1. The lowest BCUT2D eigenvalue weighted by Gasteiger charge is -2.14. The van der Waals surface area contributed by atoms with Gasteiger partial charge in [-0.15, -0.1) is 11.3 Å². The number of nitrogens with zero attached hydrogens (tertiary/aromatic N) is 1. The third kappa shape index (κ3) is 2.57. The van der Waals surface area contributed by atoms with Gasteiger partial charge in [-0.2, -0.15) is 0 Å². The smallest absolute Gasteiger partial charge is 0.260 e. The first-order valence-corrected chi connectivity index (χ1v) is 9.39. The number of aromatic nitrogens is 2. The Bertz CT molecular complexity index is 759. The number of aromatic amines is 1. The number of aryl methyl sites for hydroxylation is 2. The largest absolute Gasteiger partial charge is 0.301 e. The summed E-state index contributed by atoms with van der Waals surface area (Å²) in [4.78, 5) is 22.5. The molecule has 2 aliphatic rings. The molecule has 3 nitrogen and oxygen atoms in total. The Morgan fingerprint density at radius 3 is 3.05 bits per heavy atom. The molecule has 0 aliphatic heterocycles. The normalized spacial score (nSPS) is 21.6. The molecule has 0 radical (unpaired) electrons. The zero-order valence-corrected chi connectivity index (χ0v) is 13.5. The number of thioether (sulfide) groups is 1. The fourth-order valence-electron chi connectivity index (χ4n) is 3.22. The molecule has 2 heterocycles. The van der Waals surface area contributed by atoms with Crippen molar-refractivity contribution in [3.63, 3.8) is 0 Å². The molecule has 0 aromatic carbocycles. The Hall–Kier alpha value is -1.07. The Kier molecular flexibility index (Phi) is 3.63. The molecule has 2 aromatic rings. The molecule has 4 rings (SSSR count). The van der Waals surface area contributed by atoms with E-state index in [9.17, 15) is 4.79 Å². The minimum atomic E-state index is 0.0571. The van der Waals surface area contributed by atoms with E-state index in [0.717, 1.165) is 28.2 Å². The Morgan fingerprint density at radius 1 is 1.29 bits per heavy atom. The molecule has 1 atom stereocenters. The molecule has 2 aliphatic carbocycles. The van der Waals surface area contributed by atoms with Gasteiger partial charge in [-0.1, -0.05) is 23.9 Å². The molecule has 21 heavy (non-hydrogen) atoms. The summed E-state index contributed by atoms with van der Waals surface area (Å²) in [5.41, 5.74) is 1.32. The van der Waals surface area contributed by atoms with Crippen molar-refractivity contribution >= 4 is 33.3 Å². The molecule has 0 unspecified atom stereocenters. The van der Waals surface area contributed by atoms with Gasteiger partial charge >= 0.3 is 0 Å². The predicted molar refractivity (Wildman–Crippen MR) is 89.5 cm³/mol. The summed E-state index contributed by atoms with van der Waals surface area (Å²) in [6, 6.07) is 0.